The Bertz CT molecular complexity index is 353. The molecule has 16 heavy (non-hydrogen) atoms. The molecule has 0 heterocycles. The zero-order valence-electron chi connectivity index (χ0n) is 9.28. The SMILES string of the molecule is C=CC(=O)OC12CC3CC(C1)C(=O)C(C3)C2. The Morgan fingerprint density at radius 1 is 1.31 bits per heavy atom. The van der Waals surface area contributed by atoms with E-state index in [1.807, 2.05) is 0 Å². The normalized spacial score (nSPS) is 44.5. The predicted octanol–water partition coefficient (Wildman–Crippen LogP) is 1.86. The van der Waals surface area contributed by atoms with Crippen LogP contribution in [-0.2, 0) is 14.3 Å². The lowest BCUT2D eigenvalue weighted by molar-refractivity contribution is -0.185. The Labute approximate surface area is 94.8 Å². The van der Waals surface area contributed by atoms with Gasteiger partial charge in [0.1, 0.15) is 11.4 Å². The first-order valence-corrected chi connectivity index (χ1v) is 6.01. The van der Waals surface area contributed by atoms with Crippen molar-refractivity contribution in [3.8, 4) is 0 Å². The Hall–Kier alpha value is -1.12. The number of carbonyl (C=O) groups excluding carboxylic acids is 2. The van der Waals surface area contributed by atoms with E-state index in [2.05, 4.69) is 6.58 Å². The van der Waals surface area contributed by atoms with Crippen LogP contribution in [0.3, 0.4) is 0 Å². The van der Waals surface area contributed by atoms with E-state index in [0.717, 1.165) is 32.1 Å². The highest BCUT2D eigenvalue weighted by molar-refractivity contribution is 5.86. The van der Waals surface area contributed by atoms with Gasteiger partial charge in [-0.05, 0) is 38.0 Å². The van der Waals surface area contributed by atoms with Gasteiger partial charge in [-0.1, -0.05) is 6.58 Å². The van der Waals surface area contributed by atoms with Crippen molar-refractivity contribution in [2.45, 2.75) is 37.7 Å². The zero-order valence-corrected chi connectivity index (χ0v) is 9.28. The van der Waals surface area contributed by atoms with Gasteiger partial charge in [-0.25, -0.2) is 4.79 Å². The first-order valence-electron chi connectivity index (χ1n) is 6.01. The summed E-state index contributed by atoms with van der Waals surface area (Å²) in [5, 5.41) is 0. The third-order valence-electron chi connectivity index (χ3n) is 4.42. The molecule has 86 valence electrons. The van der Waals surface area contributed by atoms with E-state index in [1.165, 1.54) is 6.08 Å². The third kappa shape index (κ3) is 1.34. The highest BCUT2D eigenvalue weighted by Crippen LogP contribution is 2.55. The van der Waals surface area contributed by atoms with E-state index in [-0.39, 0.29) is 23.4 Å². The monoisotopic (exact) mass is 220 g/mol. The Morgan fingerprint density at radius 2 is 1.94 bits per heavy atom. The highest BCUT2D eigenvalue weighted by Gasteiger charge is 2.56. The predicted molar refractivity (Wildman–Crippen MR) is 57.6 cm³/mol. The maximum Gasteiger partial charge on any atom is 0.330 e. The lowest BCUT2D eigenvalue weighted by Gasteiger charge is -2.54. The number of hydrogen-bond acceptors (Lipinski definition) is 3. The summed E-state index contributed by atoms with van der Waals surface area (Å²) >= 11 is 0. The molecule has 3 heteroatoms. The third-order valence-corrected chi connectivity index (χ3v) is 4.42. The minimum atomic E-state index is -0.339. The fourth-order valence-corrected chi connectivity index (χ4v) is 4.06. The molecule has 4 fully saturated rings. The smallest absolute Gasteiger partial charge is 0.330 e. The molecule has 0 aliphatic heterocycles. The van der Waals surface area contributed by atoms with Crippen LogP contribution in [0.4, 0.5) is 0 Å². The Kier molecular flexibility index (Phi) is 2.00. The number of esters is 1. The van der Waals surface area contributed by atoms with Gasteiger partial charge in [0.05, 0.1) is 0 Å². The van der Waals surface area contributed by atoms with Crippen molar-refractivity contribution in [2.75, 3.05) is 0 Å². The number of carbonyl (C=O) groups is 2. The number of ether oxygens (including phenoxy) is 1. The largest absolute Gasteiger partial charge is 0.456 e. The van der Waals surface area contributed by atoms with E-state index in [0.29, 0.717) is 11.7 Å². The molecule has 4 aliphatic rings. The fraction of sp³-hybridized carbons (Fsp3) is 0.692. The van der Waals surface area contributed by atoms with Crippen LogP contribution in [0.2, 0.25) is 0 Å². The van der Waals surface area contributed by atoms with Crippen molar-refractivity contribution in [1.82, 2.24) is 0 Å². The summed E-state index contributed by atoms with van der Waals surface area (Å²) in [7, 11) is 0. The molecule has 0 radical (unpaired) electrons. The van der Waals surface area contributed by atoms with Crippen molar-refractivity contribution in [2.24, 2.45) is 17.8 Å². The maximum absolute atomic E-state index is 11.9. The first-order chi connectivity index (χ1) is 7.62. The molecular weight excluding hydrogens is 204 g/mol. The molecule has 4 aliphatic carbocycles. The maximum atomic E-state index is 11.9. The topological polar surface area (TPSA) is 43.4 Å². The van der Waals surface area contributed by atoms with Gasteiger partial charge in [0, 0.05) is 17.9 Å². The molecule has 2 atom stereocenters. The van der Waals surface area contributed by atoms with Crippen LogP contribution in [0, 0.1) is 17.8 Å². The molecule has 4 bridgehead atoms. The number of ketones is 1. The standard InChI is InChI=1S/C13H16O3/c1-2-11(14)16-13-5-8-3-9(6-13)12(15)10(4-8)7-13/h2,8-10H,1,3-7H2. The van der Waals surface area contributed by atoms with Crippen molar-refractivity contribution in [1.29, 1.82) is 0 Å². The van der Waals surface area contributed by atoms with Crippen LogP contribution in [0.5, 0.6) is 0 Å². The molecule has 0 amide bonds. The van der Waals surface area contributed by atoms with Crippen molar-refractivity contribution < 1.29 is 14.3 Å². The van der Waals surface area contributed by atoms with Gasteiger partial charge in [0.2, 0.25) is 0 Å². The van der Waals surface area contributed by atoms with Crippen LogP contribution in [-0.4, -0.2) is 17.4 Å². The molecule has 0 aromatic carbocycles. The van der Waals surface area contributed by atoms with Crippen molar-refractivity contribution in [3.63, 3.8) is 0 Å². The summed E-state index contributed by atoms with van der Waals surface area (Å²) in [6.45, 7) is 3.43. The molecule has 0 saturated heterocycles. The van der Waals surface area contributed by atoms with E-state index >= 15 is 0 Å². The summed E-state index contributed by atoms with van der Waals surface area (Å²) in [5.74, 6) is 0.983. The number of rotatable bonds is 2. The van der Waals surface area contributed by atoms with Gasteiger partial charge < -0.3 is 4.74 Å². The summed E-state index contributed by atoms with van der Waals surface area (Å²) in [5.41, 5.74) is -0.338. The fourth-order valence-electron chi connectivity index (χ4n) is 4.06. The molecule has 3 nitrogen and oxygen atoms in total. The van der Waals surface area contributed by atoms with Gasteiger partial charge in [-0.2, -0.15) is 0 Å². The van der Waals surface area contributed by atoms with Gasteiger partial charge in [-0.3, -0.25) is 4.79 Å². The molecule has 0 N–H and O–H groups in total. The Morgan fingerprint density at radius 3 is 2.50 bits per heavy atom. The summed E-state index contributed by atoms with van der Waals surface area (Å²) < 4.78 is 5.54. The van der Waals surface area contributed by atoms with Crippen LogP contribution in [0.1, 0.15) is 32.1 Å². The molecule has 4 rings (SSSR count). The summed E-state index contributed by atoms with van der Waals surface area (Å²) in [6, 6.07) is 0. The van der Waals surface area contributed by atoms with Gasteiger partial charge in [-0.15, -0.1) is 0 Å². The lowest BCUT2D eigenvalue weighted by Crippen LogP contribution is -2.56. The molecular formula is C13H16O3. The average Bonchev–Trinajstić information content (AvgIpc) is 2.24. The summed E-state index contributed by atoms with van der Waals surface area (Å²) in [6.07, 6.45) is 5.70. The minimum Gasteiger partial charge on any atom is -0.456 e. The van der Waals surface area contributed by atoms with E-state index < -0.39 is 0 Å². The second-order valence-corrected chi connectivity index (χ2v) is 5.55. The second kappa shape index (κ2) is 3.19. The van der Waals surface area contributed by atoms with E-state index in [1.54, 1.807) is 0 Å². The highest BCUT2D eigenvalue weighted by atomic mass is 16.6. The van der Waals surface area contributed by atoms with E-state index in [9.17, 15) is 9.59 Å². The summed E-state index contributed by atoms with van der Waals surface area (Å²) in [4.78, 5) is 23.3. The van der Waals surface area contributed by atoms with Gasteiger partial charge >= 0.3 is 5.97 Å². The average molecular weight is 220 g/mol. The quantitative estimate of drug-likeness (QED) is 0.527. The molecule has 0 aromatic rings. The van der Waals surface area contributed by atoms with Crippen LogP contribution in [0.15, 0.2) is 12.7 Å². The molecule has 2 unspecified atom stereocenters. The lowest BCUT2D eigenvalue weighted by atomic mass is 9.53. The van der Waals surface area contributed by atoms with Crippen molar-refractivity contribution in [3.05, 3.63) is 12.7 Å². The number of hydrogen-bond donors (Lipinski definition) is 0. The van der Waals surface area contributed by atoms with Crippen LogP contribution >= 0.6 is 0 Å². The molecule has 4 saturated carbocycles. The molecule has 0 spiro atoms. The first kappa shape index (κ1) is 10.1. The number of Topliss-reactive ketones (excluding diaryl/α,β-unsaturated/α-hetero) is 1. The van der Waals surface area contributed by atoms with Gasteiger partial charge in [0.25, 0.3) is 0 Å². The van der Waals surface area contributed by atoms with Crippen LogP contribution < -0.4 is 0 Å². The minimum absolute atomic E-state index is 0.156. The van der Waals surface area contributed by atoms with Crippen LogP contribution in [0.25, 0.3) is 0 Å². The molecule has 0 aromatic heterocycles. The Balaban J connectivity index is 1.85. The zero-order chi connectivity index (χ0) is 11.3. The van der Waals surface area contributed by atoms with Gasteiger partial charge in [0.15, 0.2) is 0 Å². The van der Waals surface area contributed by atoms with E-state index in [4.69, 9.17) is 4.74 Å². The van der Waals surface area contributed by atoms with Crippen molar-refractivity contribution >= 4 is 11.8 Å². The second-order valence-electron chi connectivity index (χ2n) is 5.55.